The molecule has 0 aliphatic carbocycles. The first-order chi connectivity index (χ1) is 10.5. The van der Waals surface area contributed by atoms with Crippen molar-refractivity contribution >= 4 is 22.8 Å². The van der Waals surface area contributed by atoms with E-state index in [1.54, 1.807) is 18.2 Å². The molecule has 0 saturated heterocycles. The maximum absolute atomic E-state index is 12.0. The number of H-pyrrole nitrogens is 1. The molecule has 1 heterocycles. The fourth-order valence-electron chi connectivity index (χ4n) is 1.92. The van der Waals surface area contributed by atoms with Gasteiger partial charge in [-0.1, -0.05) is 11.8 Å². The molecule has 1 aromatic carbocycles. The lowest BCUT2D eigenvalue weighted by Crippen LogP contribution is -2.20. The number of fused-ring (bicyclic) bond motifs is 1. The molecule has 2 rings (SSSR count). The normalized spacial score (nSPS) is 9.86. The number of carbonyl (C=O) groups excluding carboxylic acids is 1. The molecular formula is C16H14N2O4. The Morgan fingerprint density at radius 3 is 2.82 bits per heavy atom. The van der Waals surface area contributed by atoms with Crippen LogP contribution in [0, 0.1) is 11.8 Å². The van der Waals surface area contributed by atoms with Gasteiger partial charge in [0.05, 0.1) is 5.52 Å². The van der Waals surface area contributed by atoms with E-state index in [9.17, 15) is 14.4 Å². The van der Waals surface area contributed by atoms with Crippen molar-refractivity contribution in [3.05, 3.63) is 45.7 Å². The molecule has 0 radical (unpaired) electrons. The zero-order valence-corrected chi connectivity index (χ0v) is 11.9. The Kier molecular flexibility index (Phi) is 4.59. The second kappa shape index (κ2) is 6.59. The summed E-state index contributed by atoms with van der Waals surface area (Å²) in [5.74, 6) is 4.49. The van der Waals surface area contributed by atoms with E-state index >= 15 is 0 Å². The second-order valence-electron chi connectivity index (χ2n) is 4.63. The van der Waals surface area contributed by atoms with Gasteiger partial charge in [-0.2, -0.15) is 0 Å². The molecule has 0 spiro atoms. The summed E-state index contributed by atoms with van der Waals surface area (Å²) in [5.41, 5.74) is 0.422. The molecule has 112 valence electrons. The van der Waals surface area contributed by atoms with Gasteiger partial charge in [0.25, 0.3) is 0 Å². The summed E-state index contributed by atoms with van der Waals surface area (Å²) in [5, 5.41) is 11.9. The first-order valence-electron chi connectivity index (χ1n) is 6.61. The predicted octanol–water partition coefficient (Wildman–Crippen LogP) is 1.10. The summed E-state index contributed by atoms with van der Waals surface area (Å²) < 4.78 is 0. The molecule has 3 N–H and O–H groups in total. The number of rotatable bonds is 3. The molecule has 22 heavy (non-hydrogen) atoms. The Labute approximate surface area is 126 Å². The fourth-order valence-corrected chi connectivity index (χ4v) is 1.92. The Bertz CT molecular complexity index is 856. The van der Waals surface area contributed by atoms with Crippen molar-refractivity contribution in [3.8, 4) is 11.8 Å². The van der Waals surface area contributed by atoms with Crippen molar-refractivity contribution in [2.24, 2.45) is 0 Å². The van der Waals surface area contributed by atoms with E-state index in [1.807, 2.05) is 0 Å². The summed E-state index contributed by atoms with van der Waals surface area (Å²) in [6, 6.07) is 4.90. The van der Waals surface area contributed by atoms with Gasteiger partial charge in [0.15, 0.2) is 0 Å². The summed E-state index contributed by atoms with van der Waals surface area (Å²) in [7, 11) is 0. The van der Waals surface area contributed by atoms with Crippen molar-refractivity contribution in [2.75, 3.05) is 6.54 Å². The number of carboxylic acids is 1. The van der Waals surface area contributed by atoms with E-state index in [-0.39, 0.29) is 11.5 Å². The minimum atomic E-state index is -1.26. The van der Waals surface area contributed by atoms with Crippen LogP contribution in [-0.4, -0.2) is 28.5 Å². The van der Waals surface area contributed by atoms with Crippen molar-refractivity contribution in [1.82, 2.24) is 10.3 Å². The standard InChI is InChI=1S/C16H14N2O4/c1-10(19)17-7-3-2-4-11-5-6-12-14(8-11)18-9-13(15(12)20)16(21)22/h5-6,8-9H,3,7H2,1H3,(H,17,19)(H,18,20)(H,21,22). The summed E-state index contributed by atoms with van der Waals surface area (Å²) in [4.78, 5) is 36.4. The molecule has 0 aliphatic rings. The highest BCUT2D eigenvalue weighted by molar-refractivity contribution is 5.92. The van der Waals surface area contributed by atoms with Crippen LogP contribution in [0.3, 0.4) is 0 Å². The largest absolute Gasteiger partial charge is 0.477 e. The van der Waals surface area contributed by atoms with Gasteiger partial charge >= 0.3 is 5.97 Å². The summed E-state index contributed by atoms with van der Waals surface area (Å²) in [6.07, 6.45) is 1.70. The highest BCUT2D eigenvalue weighted by Crippen LogP contribution is 2.10. The monoisotopic (exact) mass is 298 g/mol. The number of carbonyl (C=O) groups is 2. The van der Waals surface area contributed by atoms with Gasteiger partial charge in [0, 0.05) is 37.0 Å². The number of aromatic carboxylic acids is 1. The SMILES string of the molecule is CC(=O)NCCC#Cc1ccc2c(=O)c(C(=O)O)c[nH]c2c1. The third-order valence-corrected chi connectivity index (χ3v) is 2.97. The molecule has 1 amide bonds. The topological polar surface area (TPSA) is 99.3 Å². The minimum absolute atomic E-state index is 0.0979. The van der Waals surface area contributed by atoms with Gasteiger partial charge in [-0.05, 0) is 18.2 Å². The maximum Gasteiger partial charge on any atom is 0.341 e. The Morgan fingerprint density at radius 1 is 1.36 bits per heavy atom. The van der Waals surface area contributed by atoms with Crippen LogP contribution in [0.5, 0.6) is 0 Å². The third-order valence-electron chi connectivity index (χ3n) is 2.97. The number of amides is 1. The lowest BCUT2D eigenvalue weighted by atomic mass is 10.1. The Morgan fingerprint density at radius 2 is 2.14 bits per heavy atom. The molecule has 0 bridgehead atoms. The number of aromatic amines is 1. The van der Waals surface area contributed by atoms with Crippen LogP contribution in [-0.2, 0) is 4.79 Å². The Balaban J connectivity index is 2.23. The highest BCUT2D eigenvalue weighted by atomic mass is 16.4. The molecular weight excluding hydrogens is 284 g/mol. The zero-order valence-electron chi connectivity index (χ0n) is 11.9. The zero-order chi connectivity index (χ0) is 16.1. The first kappa shape index (κ1) is 15.3. The highest BCUT2D eigenvalue weighted by Gasteiger charge is 2.11. The van der Waals surface area contributed by atoms with Crippen molar-refractivity contribution in [1.29, 1.82) is 0 Å². The van der Waals surface area contributed by atoms with Crippen LogP contribution >= 0.6 is 0 Å². The summed E-state index contributed by atoms with van der Waals surface area (Å²) in [6.45, 7) is 1.92. The summed E-state index contributed by atoms with van der Waals surface area (Å²) >= 11 is 0. The molecule has 0 unspecified atom stereocenters. The van der Waals surface area contributed by atoms with Crippen LogP contribution in [0.15, 0.2) is 29.2 Å². The fraction of sp³-hybridized carbons (Fsp3) is 0.188. The number of hydrogen-bond acceptors (Lipinski definition) is 3. The average molecular weight is 298 g/mol. The number of hydrogen-bond donors (Lipinski definition) is 3. The van der Waals surface area contributed by atoms with E-state index in [2.05, 4.69) is 22.1 Å². The van der Waals surface area contributed by atoms with E-state index in [1.165, 1.54) is 13.1 Å². The predicted molar refractivity (Wildman–Crippen MR) is 81.7 cm³/mol. The van der Waals surface area contributed by atoms with E-state index in [4.69, 9.17) is 5.11 Å². The molecule has 0 fully saturated rings. The van der Waals surface area contributed by atoms with Gasteiger partial charge in [-0.25, -0.2) is 4.79 Å². The van der Waals surface area contributed by atoms with Gasteiger partial charge < -0.3 is 15.4 Å². The van der Waals surface area contributed by atoms with Crippen LogP contribution < -0.4 is 10.7 Å². The van der Waals surface area contributed by atoms with Crippen LogP contribution in [0.1, 0.15) is 29.3 Å². The van der Waals surface area contributed by atoms with Crippen molar-refractivity contribution < 1.29 is 14.7 Å². The molecule has 0 atom stereocenters. The van der Waals surface area contributed by atoms with Gasteiger partial charge in [-0.3, -0.25) is 9.59 Å². The molecule has 6 nitrogen and oxygen atoms in total. The smallest absolute Gasteiger partial charge is 0.341 e. The number of carboxylic acid groups (broad SMARTS) is 1. The van der Waals surface area contributed by atoms with Crippen molar-refractivity contribution in [3.63, 3.8) is 0 Å². The average Bonchev–Trinajstić information content (AvgIpc) is 2.46. The molecule has 1 aromatic heterocycles. The molecule has 0 aliphatic heterocycles. The third kappa shape index (κ3) is 3.52. The first-order valence-corrected chi connectivity index (χ1v) is 6.61. The van der Waals surface area contributed by atoms with Crippen LogP contribution in [0.4, 0.5) is 0 Å². The lowest BCUT2D eigenvalue weighted by Gasteiger charge is -2.00. The van der Waals surface area contributed by atoms with E-state index < -0.39 is 11.4 Å². The van der Waals surface area contributed by atoms with E-state index in [0.29, 0.717) is 29.4 Å². The van der Waals surface area contributed by atoms with Gasteiger partial charge in [-0.15, -0.1) is 0 Å². The quantitative estimate of drug-likeness (QED) is 0.583. The number of pyridine rings is 1. The van der Waals surface area contributed by atoms with Gasteiger partial charge in [0.2, 0.25) is 11.3 Å². The second-order valence-corrected chi connectivity index (χ2v) is 4.63. The van der Waals surface area contributed by atoms with Crippen LogP contribution in [0.2, 0.25) is 0 Å². The number of benzene rings is 1. The maximum atomic E-state index is 12.0. The molecule has 0 saturated carbocycles. The number of nitrogens with one attached hydrogen (secondary N) is 2. The molecule has 6 heteroatoms. The van der Waals surface area contributed by atoms with Crippen LogP contribution in [0.25, 0.3) is 10.9 Å². The van der Waals surface area contributed by atoms with Gasteiger partial charge in [0.1, 0.15) is 5.56 Å². The lowest BCUT2D eigenvalue weighted by molar-refractivity contribution is -0.118. The van der Waals surface area contributed by atoms with E-state index in [0.717, 1.165) is 0 Å². The minimum Gasteiger partial charge on any atom is -0.477 e. The van der Waals surface area contributed by atoms with Crippen molar-refractivity contribution in [2.45, 2.75) is 13.3 Å². The number of aromatic nitrogens is 1. The molecule has 2 aromatic rings. The Hall–Kier alpha value is -3.07.